The van der Waals surface area contributed by atoms with Gasteiger partial charge >= 0.3 is 5.97 Å². The number of amides is 1. The molecule has 0 aliphatic carbocycles. The van der Waals surface area contributed by atoms with E-state index in [1.54, 1.807) is 0 Å². The minimum absolute atomic E-state index is 0.200. The van der Waals surface area contributed by atoms with Crippen molar-refractivity contribution >= 4 is 17.7 Å². The third kappa shape index (κ3) is 2.72. The van der Waals surface area contributed by atoms with Gasteiger partial charge in [0.1, 0.15) is 11.9 Å². The first-order chi connectivity index (χ1) is 6.63. The largest absolute Gasteiger partial charge is 0.467 e. The lowest BCUT2D eigenvalue weighted by Gasteiger charge is -2.04. The molecule has 78 valence electrons. The molecule has 2 N–H and O–H groups in total. The number of aliphatic imine (C=N–C) groups is 1. The molecule has 1 aliphatic rings. The Morgan fingerprint density at radius 3 is 2.86 bits per heavy atom. The molecule has 1 heterocycles. The van der Waals surface area contributed by atoms with Crippen molar-refractivity contribution in [3.05, 3.63) is 0 Å². The second-order valence-electron chi connectivity index (χ2n) is 2.96. The molecule has 0 aromatic heterocycles. The van der Waals surface area contributed by atoms with Crippen molar-refractivity contribution in [1.82, 2.24) is 10.9 Å². The number of ether oxygens (including phenoxy) is 1. The standard InChI is InChI=1S/C8H13N3O3/c1-5(12)10-11-7-4-3-6(9-7)8(13)14-2/h6H,3-4H2,1-2H3,(H,9,11)(H,10,12)/t6-/m0/s1. The van der Waals surface area contributed by atoms with Gasteiger partial charge in [0.2, 0.25) is 5.91 Å². The first-order valence-electron chi connectivity index (χ1n) is 4.30. The molecule has 0 aromatic carbocycles. The number of hydrogen-bond donors (Lipinski definition) is 2. The number of nitrogens with one attached hydrogen (secondary N) is 2. The Morgan fingerprint density at radius 2 is 2.29 bits per heavy atom. The molecule has 0 radical (unpaired) electrons. The quantitative estimate of drug-likeness (QED) is 0.435. The van der Waals surface area contributed by atoms with Crippen LogP contribution in [0.4, 0.5) is 0 Å². The summed E-state index contributed by atoms with van der Waals surface area (Å²) in [5, 5.41) is 0. The number of hydrazine groups is 1. The van der Waals surface area contributed by atoms with Gasteiger partial charge in [-0.05, 0) is 6.42 Å². The Morgan fingerprint density at radius 1 is 1.57 bits per heavy atom. The van der Waals surface area contributed by atoms with Gasteiger partial charge < -0.3 is 4.74 Å². The smallest absolute Gasteiger partial charge is 0.330 e. The van der Waals surface area contributed by atoms with Gasteiger partial charge in [0.25, 0.3) is 0 Å². The number of esters is 1. The molecule has 0 bridgehead atoms. The molecule has 0 aromatic rings. The van der Waals surface area contributed by atoms with Crippen molar-refractivity contribution in [3.63, 3.8) is 0 Å². The molecule has 0 saturated heterocycles. The van der Waals surface area contributed by atoms with Gasteiger partial charge in [0.15, 0.2) is 0 Å². The van der Waals surface area contributed by atoms with E-state index in [0.29, 0.717) is 18.7 Å². The summed E-state index contributed by atoms with van der Waals surface area (Å²) >= 11 is 0. The van der Waals surface area contributed by atoms with E-state index >= 15 is 0 Å². The van der Waals surface area contributed by atoms with E-state index in [2.05, 4.69) is 20.6 Å². The Kier molecular flexibility index (Phi) is 3.44. The summed E-state index contributed by atoms with van der Waals surface area (Å²) in [5.74, 6) is 0.0643. The summed E-state index contributed by atoms with van der Waals surface area (Å²) in [5.41, 5.74) is 5.03. The third-order valence-electron chi connectivity index (χ3n) is 1.82. The first-order valence-corrected chi connectivity index (χ1v) is 4.30. The number of nitrogens with zero attached hydrogens (tertiary/aromatic N) is 1. The lowest BCUT2D eigenvalue weighted by Crippen LogP contribution is -2.39. The Labute approximate surface area is 81.7 Å². The van der Waals surface area contributed by atoms with Crippen molar-refractivity contribution in [2.45, 2.75) is 25.8 Å². The van der Waals surface area contributed by atoms with Gasteiger partial charge in [-0.15, -0.1) is 0 Å². The summed E-state index contributed by atoms with van der Waals surface area (Å²) in [6.07, 6.45) is 1.26. The zero-order valence-electron chi connectivity index (χ0n) is 8.16. The fourth-order valence-corrected chi connectivity index (χ4v) is 1.15. The van der Waals surface area contributed by atoms with Gasteiger partial charge in [-0.3, -0.25) is 20.6 Å². The maximum atomic E-state index is 11.1. The summed E-state index contributed by atoms with van der Waals surface area (Å²) in [6.45, 7) is 1.39. The van der Waals surface area contributed by atoms with Crippen LogP contribution in [0, 0.1) is 0 Å². The van der Waals surface area contributed by atoms with Crippen LogP contribution >= 0.6 is 0 Å². The van der Waals surface area contributed by atoms with Crippen LogP contribution in [0.3, 0.4) is 0 Å². The molecule has 1 atom stereocenters. The van der Waals surface area contributed by atoms with Crippen LogP contribution in [0.25, 0.3) is 0 Å². The van der Waals surface area contributed by atoms with E-state index in [0.717, 1.165) is 0 Å². The van der Waals surface area contributed by atoms with Gasteiger partial charge in [-0.25, -0.2) is 4.79 Å². The van der Waals surface area contributed by atoms with Gasteiger partial charge in [-0.2, -0.15) is 0 Å². The maximum absolute atomic E-state index is 11.1. The topological polar surface area (TPSA) is 79.8 Å². The van der Waals surface area contributed by atoms with Crippen molar-refractivity contribution in [2.24, 2.45) is 4.99 Å². The first kappa shape index (κ1) is 10.5. The Balaban J connectivity index is 2.42. The summed E-state index contributed by atoms with van der Waals surface area (Å²) in [6, 6.07) is -0.434. The molecule has 1 aliphatic heterocycles. The summed E-state index contributed by atoms with van der Waals surface area (Å²) < 4.78 is 4.55. The average molecular weight is 199 g/mol. The van der Waals surface area contributed by atoms with Crippen LogP contribution in [0.15, 0.2) is 4.99 Å². The molecule has 0 saturated carbocycles. The molecule has 1 amide bonds. The zero-order chi connectivity index (χ0) is 10.6. The number of amidine groups is 1. The number of hydrogen-bond acceptors (Lipinski definition) is 5. The molecule has 14 heavy (non-hydrogen) atoms. The molecule has 6 heteroatoms. The maximum Gasteiger partial charge on any atom is 0.330 e. The zero-order valence-corrected chi connectivity index (χ0v) is 8.16. The number of methoxy groups -OCH3 is 1. The number of carbonyl (C=O) groups excluding carboxylic acids is 2. The fourth-order valence-electron chi connectivity index (χ4n) is 1.15. The monoisotopic (exact) mass is 199 g/mol. The Bertz CT molecular complexity index is 275. The molecular weight excluding hydrogens is 186 g/mol. The van der Waals surface area contributed by atoms with Gasteiger partial charge in [0.05, 0.1) is 7.11 Å². The lowest BCUT2D eigenvalue weighted by atomic mass is 10.2. The highest BCUT2D eigenvalue weighted by Crippen LogP contribution is 2.12. The minimum Gasteiger partial charge on any atom is -0.467 e. The second-order valence-corrected chi connectivity index (χ2v) is 2.96. The molecule has 0 spiro atoms. The molecule has 6 nitrogen and oxygen atoms in total. The predicted molar refractivity (Wildman–Crippen MR) is 49.4 cm³/mol. The average Bonchev–Trinajstić information content (AvgIpc) is 2.62. The second kappa shape index (κ2) is 4.59. The highest BCUT2D eigenvalue weighted by molar-refractivity contribution is 5.90. The molecule has 1 rings (SSSR count). The minimum atomic E-state index is -0.434. The van der Waals surface area contributed by atoms with E-state index in [1.165, 1.54) is 14.0 Å². The van der Waals surface area contributed by atoms with Crippen LogP contribution in [-0.4, -0.2) is 30.9 Å². The molecule has 0 fully saturated rings. The van der Waals surface area contributed by atoms with E-state index < -0.39 is 6.04 Å². The van der Waals surface area contributed by atoms with E-state index in [-0.39, 0.29) is 11.9 Å². The number of carbonyl (C=O) groups is 2. The summed E-state index contributed by atoms with van der Waals surface area (Å²) in [7, 11) is 1.33. The molecule has 0 unspecified atom stereocenters. The predicted octanol–water partition coefficient (Wildman–Crippen LogP) is -0.639. The normalized spacial score (nSPS) is 19.9. The lowest BCUT2D eigenvalue weighted by molar-refractivity contribution is -0.142. The van der Waals surface area contributed by atoms with E-state index in [1.807, 2.05) is 0 Å². The van der Waals surface area contributed by atoms with Crippen molar-refractivity contribution in [2.75, 3.05) is 7.11 Å². The van der Waals surface area contributed by atoms with Crippen LogP contribution in [0.5, 0.6) is 0 Å². The summed E-state index contributed by atoms with van der Waals surface area (Å²) in [4.78, 5) is 25.7. The number of rotatable bonds is 1. The highest BCUT2D eigenvalue weighted by atomic mass is 16.5. The van der Waals surface area contributed by atoms with E-state index in [9.17, 15) is 9.59 Å². The van der Waals surface area contributed by atoms with Crippen molar-refractivity contribution in [1.29, 1.82) is 0 Å². The fraction of sp³-hybridized carbons (Fsp3) is 0.625. The SMILES string of the molecule is COC(=O)[C@@H]1CCC(NNC(C)=O)=N1. The Hall–Kier alpha value is -1.59. The van der Waals surface area contributed by atoms with Crippen LogP contribution in [0.2, 0.25) is 0 Å². The van der Waals surface area contributed by atoms with Crippen LogP contribution in [0.1, 0.15) is 19.8 Å². The van der Waals surface area contributed by atoms with Crippen molar-refractivity contribution in [3.8, 4) is 0 Å². The van der Waals surface area contributed by atoms with Crippen molar-refractivity contribution < 1.29 is 14.3 Å². The highest BCUT2D eigenvalue weighted by Gasteiger charge is 2.24. The van der Waals surface area contributed by atoms with Crippen LogP contribution in [-0.2, 0) is 14.3 Å². The van der Waals surface area contributed by atoms with Crippen LogP contribution < -0.4 is 10.9 Å². The third-order valence-corrected chi connectivity index (χ3v) is 1.82. The molecular formula is C8H13N3O3. The van der Waals surface area contributed by atoms with E-state index in [4.69, 9.17) is 0 Å². The van der Waals surface area contributed by atoms with Gasteiger partial charge in [0, 0.05) is 13.3 Å². The van der Waals surface area contributed by atoms with Gasteiger partial charge in [-0.1, -0.05) is 0 Å².